The Kier molecular flexibility index (Phi) is 25.8. The molecule has 10 aromatic carbocycles. The molecule has 0 unspecified atom stereocenters. The number of rotatable bonds is 16. The fourth-order valence-corrected chi connectivity index (χ4v) is 28.3. The normalized spacial score (nSPS) is 22.8. The standard InChI is InChI=1S/C27H25ClF2O6S2.C26H23ClF2O5S2.C26H23ClF2O3S2.C6H6S/c1-17-2-6-22(7-3-17)38(33,34)36-15-18-12-13-27(37(31,32)21-8-4-20(28)5-9-21)19(14-18)16-35-26-24(30)11-10-23(29)25(26)27;27-19-6-8-21(9-7-19)36(32,33)26-13-12-17(16-35(30,31)20-4-2-1-3-5-20)14-18(26)15-34-25-23(29)11-10-22(28)24(25)26;27-19-6-8-21(9-7-19)34(30,31)26-13-12-17(16-33-20-4-2-1-3-5-20)14-18(26)15-32-25-23(29)11-10-22(28)24(25)26;7-6-4-2-1-3-5-6/h2-11,18-19H,12-16H2,1H3;1-11,17-18H,12-16H2;1-11,17-18H,12-16H2;1-5,7H/t18-,19-,27+;2*17-,18-,26+;/m111./s1. The van der Waals surface area contributed by atoms with Crippen LogP contribution in [-0.4, -0.2) is 80.0 Å². The van der Waals surface area contributed by atoms with E-state index in [9.17, 15) is 55.3 Å². The van der Waals surface area contributed by atoms with Crippen molar-refractivity contribution in [1.82, 2.24) is 0 Å². The Hall–Kier alpha value is -7.54. The molecule has 30 heteroatoms. The van der Waals surface area contributed by atoms with Gasteiger partial charge in [-0.1, -0.05) is 107 Å². The molecular weight excluding hydrogens is 1690 g/mol. The molecule has 14 nitrogen and oxygen atoms in total. The molecule has 3 aliphatic heterocycles. The van der Waals surface area contributed by atoms with Crippen molar-refractivity contribution < 1.29 is 86.8 Å². The lowest BCUT2D eigenvalue weighted by atomic mass is 9.69. The minimum atomic E-state index is -4.27. The Bertz CT molecular complexity index is 5810. The summed E-state index contributed by atoms with van der Waals surface area (Å²) in [5, 5.41) is 1.07. The maximum absolute atomic E-state index is 15.4. The molecule has 3 aliphatic carbocycles. The zero-order valence-electron chi connectivity index (χ0n) is 61.4. The SMILES string of the molecule is Cc1ccc(S(=O)(=O)OC[C@@H]2CC[C@@]3(S(=O)(=O)c4ccc(Cl)cc4)c4c(F)ccc(F)c4OC[C@H]3C2)cc1.O=S(=O)(C[C@@H]1CC[C@@]2(S(=O)(=O)c3ccc(Cl)cc3)c3c(F)ccc(F)c3OC[C@H]2C1)c1ccccc1.O=S(=O)(c1ccc(Cl)cc1)[C@@]12CC[C@@H](CSc3ccccc3)C[C@@H]1COc1c(F)ccc(F)c12.Sc1ccccc1. The monoisotopic (exact) mass is 1760 g/mol. The number of thiol groups is 1. The highest BCUT2D eigenvalue weighted by Crippen LogP contribution is 2.61. The molecule has 3 fully saturated rings. The molecule has 10 aromatic rings. The predicted molar refractivity (Wildman–Crippen MR) is 433 cm³/mol. The average molecular weight is 1770 g/mol. The predicted octanol–water partition coefficient (Wildman–Crippen LogP) is 20.2. The molecule has 3 saturated carbocycles. The van der Waals surface area contributed by atoms with E-state index in [0.717, 1.165) is 57.5 Å². The van der Waals surface area contributed by atoms with Gasteiger partial charge in [-0.25, -0.2) is 60.0 Å². The van der Waals surface area contributed by atoms with Gasteiger partial charge < -0.3 is 14.2 Å². The highest BCUT2D eigenvalue weighted by molar-refractivity contribution is 7.99. The van der Waals surface area contributed by atoms with E-state index in [2.05, 4.69) is 12.6 Å². The molecule has 16 rings (SSSR count). The molecule has 0 spiro atoms. The van der Waals surface area contributed by atoms with Crippen LogP contribution in [-0.2, 0) is 67.9 Å². The zero-order chi connectivity index (χ0) is 82.0. The van der Waals surface area contributed by atoms with Crippen molar-refractivity contribution in [1.29, 1.82) is 0 Å². The number of ether oxygens (including phenoxy) is 3. The molecule has 606 valence electrons. The Morgan fingerprint density at radius 3 is 1.11 bits per heavy atom. The van der Waals surface area contributed by atoms with Gasteiger partial charge in [-0.3, -0.25) is 4.18 Å². The number of thioether (sulfide) groups is 1. The summed E-state index contributed by atoms with van der Waals surface area (Å²) < 4.78 is 244. The average Bonchev–Trinajstić information content (AvgIpc) is 0.711. The summed E-state index contributed by atoms with van der Waals surface area (Å²) in [4.78, 5) is 2.29. The summed E-state index contributed by atoms with van der Waals surface area (Å²) in [6, 6.07) is 56.7. The second-order valence-corrected chi connectivity index (χ2v) is 42.5. The van der Waals surface area contributed by atoms with Crippen molar-refractivity contribution in [3.8, 4) is 17.2 Å². The van der Waals surface area contributed by atoms with Crippen molar-refractivity contribution in [2.75, 3.05) is 37.9 Å². The zero-order valence-corrected chi connectivity index (χ0v) is 69.5. The summed E-state index contributed by atoms with van der Waals surface area (Å²) in [7, 11) is -20.3. The first-order valence-corrected chi connectivity index (χ1v) is 46.8. The quantitative estimate of drug-likeness (QED) is 0.0413. The van der Waals surface area contributed by atoms with Crippen LogP contribution >= 0.6 is 59.2 Å². The molecule has 6 aliphatic rings. The first-order valence-electron chi connectivity index (χ1n) is 36.7. The van der Waals surface area contributed by atoms with Crippen molar-refractivity contribution in [3.63, 3.8) is 0 Å². The van der Waals surface area contributed by atoms with Crippen LogP contribution in [0.3, 0.4) is 0 Å². The van der Waals surface area contributed by atoms with Gasteiger partial charge in [-0.2, -0.15) is 8.42 Å². The highest BCUT2D eigenvalue weighted by atomic mass is 35.5. The van der Waals surface area contributed by atoms with Crippen LogP contribution in [0.5, 0.6) is 17.2 Å². The number of halogens is 9. The molecule has 0 radical (unpaired) electrons. The third-order valence-electron chi connectivity index (χ3n) is 22.5. The highest BCUT2D eigenvalue weighted by Gasteiger charge is 2.63. The van der Waals surface area contributed by atoms with E-state index in [-0.39, 0.29) is 142 Å². The number of hydrogen-bond donors (Lipinski definition) is 1. The van der Waals surface area contributed by atoms with Gasteiger partial charge in [0, 0.05) is 48.4 Å². The van der Waals surface area contributed by atoms with E-state index >= 15 is 13.2 Å². The molecule has 9 atom stereocenters. The Morgan fingerprint density at radius 2 is 0.730 bits per heavy atom. The summed E-state index contributed by atoms with van der Waals surface area (Å²) in [6.07, 6.45) is 1.92. The Balaban J connectivity index is 0.000000144. The van der Waals surface area contributed by atoms with Crippen molar-refractivity contribution >= 4 is 109 Å². The van der Waals surface area contributed by atoms with E-state index in [1.807, 2.05) is 67.6 Å². The van der Waals surface area contributed by atoms with Crippen molar-refractivity contribution in [2.45, 2.75) is 113 Å². The maximum Gasteiger partial charge on any atom is 0.296 e. The summed E-state index contributed by atoms with van der Waals surface area (Å²) in [5.74, 6) is -7.97. The second-order valence-electron chi connectivity index (χ2n) is 29.3. The molecule has 0 saturated heterocycles. The smallest absolute Gasteiger partial charge is 0.296 e. The molecule has 0 N–H and O–H groups in total. The third-order valence-corrected chi connectivity index (χ3v) is 35.7. The Morgan fingerprint density at radius 1 is 0.400 bits per heavy atom. The fraction of sp³-hybridized carbons (Fsp3) is 0.294. The van der Waals surface area contributed by atoms with E-state index < -0.39 is 128 Å². The topological polar surface area (TPSA) is 208 Å². The van der Waals surface area contributed by atoms with Crippen LogP contribution in [0.2, 0.25) is 15.1 Å². The molecule has 115 heavy (non-hydrogen) atoms. The van der Waals surface area contributed by atoms with Crippen molar-refractivity contribution in [3.05, 3.63) is 297 Å². The second kappa shape index (κ2) is 34.8. The van der Waals surface area contributed by atoms with Gasteiger partial charge in [0.25, 0.3) is 10.1 Å². The molecule has 0 amide bonds. The minimum Gasteiger partial charge on any atom is -0.490 e. The number of benzene rings is 10. The van der Waals surface area contributed by atoms with E-state index in [0.29, 0.717) is 27.9 Å². The third kappa shape index (κ3) is 17.0. The van der Waals surface area contributed by atoms with Crippen LogP contribution in [0.4, 0.5) is 26.3 Å². The lowest BCUT2D eigenvalue weighted by Gasteiger charge is -2.49. The van der Waals surface area contributed by atoms with Gasteiger partial charge in [0.1, 0.15) is 31.7 Å². The number of sulfone groups is 4. The lowest BCUT2D eigenvalue weighted by Crippen LogP contribution is -2.52. The van der Waals surface area contributed by atoms with E-state index in [1.165, 1.54) is 97.1 Å². The van der Waals surface area contributed by atoms with Gasteiger partial charge in [-0.05, 0) is 240 Å². The number of hydrogen-bond acceptors (Lipinski definition) is 16. The van der Waals surface area contributed by atoms with Gasteiger partial charge in [-0.15, -0.1) is 24.4 Å². The minimum absolute atomic E-state index is 0.0195. The van der Waals surface area contributed by atoms with E-state index in [1.54, 1.807) is 42.1 Å². The largest absolute Gasteiger partial charge is 0.490 e. The number of aryl methyl sites for hydroxylation is 1. The maximum atomic E-state index is 15.4. The molecule has 0 aromatic heterocycles. The summed E-state index contributed by atoms with van der Waals surface area (Å²) >= 11 is 23.7. The molecule has 0 bridgehead atoms. The lowest BCUT2D eigenvalue weighted by molar-refractivity contribution is 0.0805. The van der Waals surface area contributed by atoms with Crippen LogP contribution in [0.15, 0.2) is 259 Å². The fourth-order valence-electron chi connectivity index (χ4n) is 16.9. The first kappa shape index (κ1) is 85.3. The van der Waals surface area contributed by atoms with Crippen LogP contribution in [0.1, 0.15) is 80.0 Å². The summed E-state index contributed by atoms with van der Waals surface area (Å²) in [5.41, 5.74) is 0.0805. The van der Waals surface area contributed by atoms with Gasteiger partial charge in [0.05, 0.1) is 73.3 Å². The van der Waals surface area contributed by atoms with Crippen molar-refractivity contribution in [2.24, 2.45) is 35.5 Å². The number of fused-ring (bicyclic) bond motifs is 9. The van der Waals surface area contributed by atoms with Crippen LogP contribution in [0, 0.1) is 77.3 Å². The van der Waals surface area contributed by atoms with Gasteiger partial charge in [0.2, 0.25) is 0 Å². The molecular formula is C85H77Cl3F6O14S7. The molecule has 3 heterocycles. The van der Waals surface area contributed by atoms with Gasteiger partial charge >= 0.3 is 0 Å². The first-order chi connectivity index (χ1) is 54.7. The van der Waals surface area contributed by atoms with Gasteiger partial charge in [0.15, 0.2) is 74.0 Å². The van der Waals surface area contributed by atoms with Crippen LogP contribution in [0.25, 0.3) is 0 Å². The Labute approximate surface area is 690 Å². The summed E-state index contributed by atoms with van der Waals surface area (Å²) in [6.45, 7) is 1.32. The van der Waals surface area contributed by atoms with Crippen LogP contribution < -0.4 is 14.2 Å². The van der Waals surface area contributed by atoms with E-state index in [4.69, 9.17) is 53.2 Å².